The van der Waals surface area contributed by atoms with E-state index in [0.717, 1.165) is 6.54 Å². The lowest BCUT2D eigenvalue weighted by molar-refractivity contribution is 0.601. The van der Waals surface area contributed by atoms with Gasteiger partial charge in [0, 0.05) is 12.2 Å². The van der Waals surface area contributed by atoms with Crippen molar-refractivity contribution in [1.82, 2.24) is 5.32 Å². The number of hydrogen-bond acceptors (Lipinski definition) is 4. The molecule has 0 fully saturated rings. The number of nitrogens with two attached hydrogens (primary N) is 1. The molecule has 3 N–H and O–H groups in total. The molecule has 1 aliphatic rings. The second-order valence-electron chi connectivity index (χ2n) is 3.69. The molecular formula is C11H14N2O2S. The molecule has 4 nitrogen and oxygen atoms in total. The summed E-state index contributed by atoms with van der Waals surface area (Å²) in [6, 6.07) is 4.86. The minimum absolute atomic E-state index is 0.356. The zero-order valence-corrected chi connectivity index (χ0v) is 9.84. The summed E-state index contributed by atoms with van der Waals surface area (Å²) in [5.41, 5.74) is 6.89. The first-order valence-electron chi connectivity index (χ1n) is 5.11. The van der Waals surface area contributed by atoms with Gasteiger partial charge in [0.2, 0.25) is 9.84 Å². The van der Waals surface area contributed by atoms with Gasteiger partial charge in [-0.25, -0.2) is 8.42 Å². The second kappa shape index (κ2) is 3.92. The summed E-state index contributed by atoms with van der Waals surface area (Å²) in [5.74, 6) is 0. The van der Waals surface area contributed by atoms with Gasteiger partial charge in [0.05, 0.1) is 9.80 Å². The topological polar surface area (TPSA) is 72.2 Å². The van der Waals surface area contributed by atoms with Gasteiger partial charge < -0.3 is 11.1 Å². The molecule has 5 heteroatoms. The van der Waals surface area contributed by atoms with Crippen LogP contribution in [-0.4, -0.2) is 21.5 Å². The average Bonchev–Trinajstić information content (AvgIpc) is 2.47. The molecule has 0 unspecified atom stereocenters. The zero-order valence-electron chi connectivity index (χ0n) is 9.03. The molecule has 86 valence electrons. The number of sulfone groups is 1. The maximum absolute atomic E-state index is 12.1. The van der Waals surface area contributed by atoms with Crippen molar-refractivity contribution in [3.8, 4) is 0 Å². The standard InChI is InChI=1S/C11H14N2O2S/c1-2-13-7-10-6-8-5-9(12)3-4-11(8)16(10,14)15/h3-6,13H,2,7,12H2,1H3. The second-order valence-corrected chi connectivity index (χ2v) is 5.66. The summed E-state index contributed by atoms with van der Waals surface area (Å²) in [7, 11) is -3.29. The van der Waals surface area contributed by atoms with E-state index >= 15 is 0 Å². The molecule has 1 aliphatic heterocycles. The van der Waals surface area contributed by atoms with Crippen LogP contribution in [0.15, 0.2) is 28.0 Å². The van der Waals surface area contributed by atoms with Crippen LogP contribution in [0.2, 0.25) is 0 Å². The van der Waals surface area contributed by atoms with Gasteiger partial charge in [0.25, 0.3) is 0 Å². The summed E-state index contributed by atoms with van der Waals surface area (Å²) >= 11 is 0. The average molecular weight is 238 g/mol. The smallest absolute Gasteiger partial charge is 0.204 e. The molecule has 0 aliphatic carbocycles. The fourth-order valence-corrected chi connectivity index (χ4v) is 3.24. The molecule has 0 radical (unpaired) electrons. The van der Waals surface area contributed by atoms with Crippen LogP contribution in [-0.2, 0) is 9.84 Å². The predicted octanol–water partition coefficient (Wildman–Crippen LogP) is 1.01. The fraction of sp³-hybridized carbons (Fsp3) is 0.273. The quantitative estimate of drug-likeness (QED) is 0.771. The minimum Gasteiger partial charge on any atom is -0.399 e. The van der Waals surface area contributed by atoms with E-state index in [9.17, 15) is 8.42 Å². The van der Waals surface area contributed by atoms with Gasteiger partial charge in [-0.3, -0.25) is 0 Å². The van der Waals surface area contributed by atoms with Gasteiger partial charge in [0.15, 0.2) is 0 Å². The highest BCUT2D eigenvalue weighted by atomic mass is 32.2. The molecule has 0 atom stereocenters. The number of likely N-dealkylation sites (N-methyl/N-ethyl adjacent to an activating group) is 1. The Labute approximate surface area is 95.1 Å². The molecular weight excluding hydrogens is 224 g/mol. The van der Waals surface area contributed by atoms with E-state index in [4.69, 9.17) is 5.73 Å². The van der Waals surface area contributed by atoms with Crippen molar-refractivity contribution < 1.29 is 8.42 Å². The van der Waals surface area contributed by atoms with Crippen LogP contribution in [0.4, 0.5) is 5.69 Å². The Kier molecular flexibility index (Phi) is 2.73. The van der Waals surface area contributed by atoms with Gasteiger partial charge in [0.1, 0.15) is 0 Å². The Bertz CT molecular complexity index is 547. The van der Waals surface area contributed by atoms with Crippen LogP contribution in [0.3, 0.4) is 0 Å². The molecule has 16 heavy (non-hydrogen) atoms. The molecule has 0 amide bonds. The molecule has 1 heterocycles. The van der Waals surface area contributed by atoms with E-state index in [-0.39, 0.29) is 0 Å². The number of benzene rings is 1. The predicted molar refractivity (Wildman–Crippen MR) is 64.6 cm³/mol. The Morgan fingerprint density at radius 1 is 1.38 bits per heavy atom. The van der Waals surface area contributed by atoms with Crippen molar-refractivity contribution >= 4 is 21.6 Å². The van der Waals surface area contributed by atoms with Crippen LogP contribution in [0.25, 0.3) is 6.08 Å². The molecule has 1 aromatic rings. The highest BCUT2D eigenvalue weighted by Gasteiger charge is 2.28. The number of fused-ring (bicyclic) bond motifs is 1. The highest BCUT2D eigenvalue weighted by Crippen LogP contribution is 2.33. The molecule has 2 rings (SSSR count). The maximum Gasteiger partial charge on any atom is 0.204 e. The Morgan fingerprint density at radius 3 is 2.81 bits per heavy atom. The van der Waals surface area contributed by atoms with E-state index < -0.39 is 9.84 Å². The summed E-state index contributed by atoms with van der Waals surface area (Å²) in [6.45, 7) is 3.05. The lowest BCUT2D eigenvalue weighted by Gasteiger charge is -2.04. The lowest BCUT2D eigenvalue weighted by Crippen LogP contribution is -2.19. The Balaban J connectivity index is 2.44. The van der Waals surface area contributed by atoms with Gasteiger partial charge in [-0.05, 0) is 36.4 Å². The third-order valence-electron chi connectivity index (χ3n) is 2.53. The number of nitrogens with one attached hydrogen (secondary N) is 1. The monoisotopic (exact) mass is 238 g/mol. The first kappa shape index (κ1) is 11.2. The Hall–Kier alpha value is -1.33. The highest BCUT2D eigenvalue weighted by molar-refractivity contribution is 7.95. The van der Waals surface area contributed by atoms with Crippen molar-refractivity contribution in [2.75, 3.05) is 18.8 Å². The summed E-state index contributed by atoms with van der Waals surface area (Å²) in [6.07, 6.45) is 1.68. The van der Waals surface area contributed by atoms with Crippen LogP contribution >= 0.6 is 0 Å². The van der Waals surface area contributed by atoms with E-state index in [2.05, 4.69) is 5.32 Å². The number of anilines is 1. The van der Waals surface area contributed by atoms with Crippen LogP contribution in [0, 0.1) is 0 Å². The minimum atomic E-state index is -3.29. The summed E-state index contributed by atoms with van der Waals surface area (Å²) < 4.78 is 24.1. The van der Waals surface area contributed by atoms with E-state index in [0.29, 0.717) is 27.6 Å². The SMILES string of the molecule is CCNCC1=Cc2cc(N)ccc2S1(=O)=O. The first-order chi connectivity index (χ1) is 7.55. The Morgan fingerprint density at radius 2 is 2.12 bits per heavy atom. The van der Waals surface area contributed by atoms with Crippen molar-refractivity contribution in [1.29, 1.82) is 0 Å². The normalized spacial score (nSPS) is 16.9. The van der Waals surface area contributed by atoms with E-state index in [1.807, 2.05) is 6.92 Å². The number of rotatable bonds is 3. The summed E-state index contributed by atoms with van der Waals surface area (Å²) in [5, 5.41) is 3.02. The number of nitrogen functional groups attached to an aromatic ring is 1. The molecule has 0 spiro atoms. The third-order valence-corrected chi connectivity index (χ3v) is 4.44. The van der Waals surface area contributed by atoms with Crippen molar-refractivity contribution in [3.63, 3.8) is 0 Å². The summed E-state index contributed by atoms with van der Waals surface area (Å²) in [4.78, 5) is 0.768. The number of hydrogen-bond donors (Lipinski definition) is 2. The van der Waals surface area contributed by atoms with Gasteiger partial charge in [-0.2, -0.15) is 0 Å². The third kappa shape index (κ3) is 1.72. The first-order valence-corrected chi connectivity index (χ1v) is 6.60. The fourth-order valence-electron chi connectivity index (χ4n) is 1.71. The van der Waals surface area contributed by atoms with Crippen molar-refractivity contribution in [2.45, 2.75) is 11.8 Å². The lowest BCUT2D eigenvalue weighted by atomic mass is 10.2. The van der Waals surface area contributed by atoms with E-state index in [1.165, 1.54) is 0 Å². The van der Waals surface area contributed by atoms with Crippen LogP contribution in [0.5, 0.6) is 0 Å². The van der Waals surface area contributed by atoms with Crippen molar-refractivity contribution in [2.24, 2.45) is 0 Å². The molecule has 1 aromatic carbocycles. The largest absolute Gasteiger partial charge is 0.399 e. The van der Waals surface area contributed by atoms with Gasteiger partial charge in [-0.1, -0.05) is 6.92 Å². The van der Waals surface area contributed by atoms with Crippen molar-refractivity contribution in [3.05, 3.63) is 28.7 Å². The molecule has 0 bridgehead atoms. The molecule has 0 saturated heterocycles. The van der Waals surface area contributed by atoms with Gasteiger partial charge in [-0.15, -0.1) is 0 Å². The van der Waals surface area contributed by atoms with Gasteiger partial charge >= 0.3 is 0 Å². The maximum atomic E-state index is 12.1. The van der Waals surface area contributed by atoms with Crippen LogP contribution in [0.1, 0.15) is 12.5 Å². The zero-order chi connectivity index (χ0) is 11.8. The molecule has 0 saturated carbocycles. The molecule has 0 aromatic heterocycles. The van der Waals surface area contributed by atoms with Crippen LogP contribution < -0.4 is 11.1 Å². The van der Waals surface area contributed by atoms with E-state index in [1.54, 1.807) is 24.3 Å².